The maximum Gasteiger partial charge on any atom is 0.426 e. The fraction of sp³-hybridized carbons (Fsp3) is 0.750. The number of nitrogens with one attached hydrogen (secondary N) is 1. The number of rotatable bonds is 2. The maximum absolute atomic E-state index is 9.65. The summed E-state index contributed by atoms with van der Waals surface area (Å²) < 4.78 is 4.22. The van der Waals surface area contributed by atoms with Gasteiger partial charge in [0.05, 0.1) is 6.61 Å². The second-order valence-electron chi connectivity index (χ2n) is 1.14. The first-order valence-electron chi connectivity index (χ1n) is 2.15. The van der Waals surface area contributed by atoms with Crippen molar-refractivity contribution in [3.05, 3.63) is 0 Å². The average Bonchev–Trinajstić information content (AvgIpc) is 1.61. The fourth-order valence-corrected chi connectivity index (χ4v) is 0.195. The summed E-state index contributed by atoms with van der Waals surface area (Å²) in [4.78, 5) is 9.65. The van der Waals surface area contributed by atoms with Crippen molar-refractivity contribution < 1.29 is 9.53 Å². The summed E-state index contributed by atoms with van der Waals surface area (Å²) in [7, 11) is 0. The first-order chi connectivity index (χ1) is 3.27. The van der Waals surface area contributed by atoms with Crippen LogP contribution in [0.15, 0.2) is 0 Å². The quantitative estimate of drug-likeness (QED) is 0.518. The molecule has 0 aliphatic rings. The lowest BCUT2D eigenvalue weighted by molar-refractivity contribution is 0.155. The molecule has 7 heavy (non-hydrogen) atoms. The molecule has 41 valence electrons. The first kappa shape index (κ1) is 6.27. The zero-order valence-electron chi connectivity index (χ0n) is 4.23. The molecule has 3 nitrogen and oxygen atoms in total. The highest BCUT2D eigenvalue weighted by Gasteiger charge is 1.87. The maximum atomic E-state index is 9.65. The van der Waals surface area contributed by atoms with Crippen LogP contribution in [0.1, 0.15) is 13.3 Å². The molecule has 1 amide bonds. The van der Waals surface area contributed by atoms with Gasteiger partial charge in [-0.3, -0.25) is 0 Å². The molecule has 0 unspecified atom stereocenters. The van der Waals surface area contributed by atoms with Gasteiger partial charge in [0.2, 0.25) is 0 Å². The van der Waals surface area contributed by atoms with Crippen molar-refractivity contribution >= 4 is 6.09 Å². The number of hydrogen-bond acceptors (Lipinski definition) is 2. The molecule has 0 aliphatic carbocycles. The van der Waals surface area contributed by atoms with Crippen LogP contribution >= 0.6 is 0 Å². The Morgan fingerprint density at radius 2 is 2.43 bits per heavy atom. The third-order valence-electron chi connectivity index (χ3n) is 0.437. The van der Waals surface area contributed by atoms with Crippen molar-refractivity contribution in [2.24, 2.45) is 0 Å². The Morgan fingerprint density at radius 1 is 1.86 bits per heavy atom. The van der Waals surface area contributed by atoms with Crippen molar-refractivity contribution in [1.82, 2.24) is 5.73 Å². The van der Waals surface area contributed by atoms with Gasteiger partial charge in [0.15, 0.2) is 0 Å². The number of carbonyl (C=O) groups is 1. The van der Waals surface area contributed by atoms with Crippen LogP contribution in [0.4, 0.5) is 4.79 Å². The van der Waals surface area contributed by atoms with Crippen LogP contribution in [0.5, 0.6) is 0 Å². The van der Waals surface area contributed by atoms with Gasteiger partial charge in [0.1, 0.15) is 0 Å². The van der Waals surface area contributed by atoms with Crippen LogP contribution in [-0.4, -0.2) is 12.7 Å². The van der Waals surface area contributed by atoms with E-state index in [-0.39, 0.29) is 0 Å². The summed E-state index contributed by atoms with van der Waals surface area (Å²) in [5.74, 6) is 0. The molecule has 0 aromatic heterocycles. The Balaban J connectivity index is 2.82. The number of amides is 1. The molecule has 0 fully saturated rings. The summed E-state index contributed by atoms with van der Waals surface area (Å²) in [5, 5.41) is 0. The first-order valence-corrected chi connectivity index (χ1v) is 2.15. The van der Waals surface area contributed by atoms with Crippen molar-refractivity contribution in [3.63, 3.8) is 0 Å². The van der Waals surface area contributed by atoms with Crippen LogP contribution in [0.3, 0.4) is 0 Å². The molecule has 0 aromatic carbocycles. The predicted molar refractivity (Wildman–Crippen MR) is 24.7 cm³/mol. The van der Waals surface area contributed by atoms with E-state index >= 15 is 0 Å². The fourth-order valence-electron chi connectivity index (χ4n) is 0.195. The van der Waals surface area contributed by atoms with Crippen molar-refractivity contribution in [3.8, 4) is 0 Å². The van der Waals surface area contributed by atoms with E-state index in [1.54, 1.807) is 0 Å². The van der Waals surface area contributed by atoms with Crippen LogP contribution in [0.2, 0.25) is 0 Å². The normalized spacial score (nSPS) is 8.14. The Bertz CT molecular complexity index is 62.7. The van der Waals surface area contributed by atoms with Crippen LogP contribution in [0.25, 0.3) is 0 Å². The molecular weight excluding hydrogens is 94.0 g/mol. The van der Waals surface area contributed by atoms with Crippen molar-refractivity contribution in [1.29, 1.82) is 0 Å². The van der Waals surface area contributed by atoms with Crippen LogP contribution < -0.4 is 5.73 Å². The van der Waals surface area contributed by atoms with E-state index in [0.717, 1.165) is 6.42 Å². The molecule has 0 rings (SSSR count). The largest absolute Gasteiger partial charge is 0.448 e. The predicted octanol–water partition coefficient (Wildman–Crippen LogP) is 0.816. The van der Waals surface area contributed by atoms with E-state index in [2.05, 4.69) is 4.74 Å². The number of carbonyl (C=O) groups excluding carboxylic acids is 1. The van der Waals surface area contributed by atoms with E-state index in [1.807, 2.05) is 6.92 Å². The molecule has 0 saturated heterocycles. The Labute approximate surface area is 42.4 Å². The van der Waals surface area contributed by atoms with Gasteiger partial charge in [-0.2, -0.15) is 0 Å². The van der Waals surface area contributed by atoms with Crippen molar-refractivity contribution in [2.75, 3.05) is 6.61 Å². The summed E-state index contributed by atoms with van der Waals surface area (Å²) in [6.07, 6.45) is -0.160. The minimum Gasteiger partial charge on any atom is -0.448 e. The molecule has 0 aromatic rings. The van der Waals surface area contributed by atoms with Crippen LogP contribution in [-0.2, 0) is 4.74 Å². The van der Waals surface area contributed by atoms with E-state index in [1.165, 1.54) is 0 Å². The van der Waals surface area contributed by atoms with E-state index in [0.29, 0.717) is 6.61 Å². The SMILES string of the molecule is CCCOC([NH])=O. The monoisotopic (exact) mass is 102 g/mol. The second-order valence-corrected chi connectivity index (χ2v) is 1.14. The molecule has 0 aliphatic heterocycles. The number of hydrogen-bond donors (Lipinski definition) is 0. The molecule has 3 heteroatoms. The van der Waals surface area contributed by atoms with E-state index in [4.69, 9.17) is 5.73 Å². The molecule has 1 N–H and O–H groups in total. The standard InChI is InChI=1S/C4H8NO2/c1-2-3-7-4(5)6/h5H,2-3H2,1H3. The zero-order valence-corrected chi connectivity index (χ0v) is 4.23. The Morgan fingerprint density at radius 3 is 2.57 bits per heavy atom. The van der Waals surface area contributed by atoms with Gasteiger partial charge in [-0.1, -0.05) is 6.92 Å². The Hall–Kier alpha value is -0.730. The lowest BCUT2D eigenvalue weighted by Gasteiger charge is -1.92. The Kier molecular flexibility index (Phi) is 3.10. The summed E-state index contributed by atoms with van der Waals surface area (Å²) in [5.41, 5.74) is 6.22. The summed E-state index contributed by atoms with van der Waals surface area (Å²) in [6.45, 7) is 2.24. The van der Waals surface area contributed by atoms with Gasteiger partial charge in [-0.05, 0) is 6.42 Å². The van der Waals surface area contributed by atoms with Gasteiger partial charge in [-0.15, -0.1) is 0 Å². The molecule has 0 spiro atoms. The molecule has 0 heterocycles. The highest BCUT2D eigenvalue weighted by molar-refractivity contribution is 5.63. The zero-order chi connectivity index (χ0) is 5.70. The van der Waals surface area contributed by atoms with Gasteiger partial charge in [0, 0.05) is 0 Å². The molecule has 1 radical (unpaired) electrons. The van der Waals surface area contributed by atoms with E-state index in [9.17, 15) is 4.79 Å². The minimum absolute atomic E-state index is 0.363. The van der Waals surface area contributed by atoms with Crippen LogP contribution in [0, 0.1) is 0 Å². The van der Waals surface area contributed by atoms with Gasteiger partial charge in [0.25, 0.3) is 0 Å². The smallest absolute Gasteiger partial charge is 0.426 e. The van der Waals surface area contributed by atoms with Gasteiger partial charge in [-0.25, -0.2) is 10.5 Å². The molecule has 0 bridgehead atoms. The van der Waals surface area contributed by atoms with Crippen molar-refractivity contribution in [2.45, 2.75) is 13.3 Å². The highest BCUT2D eigenvalue weighted by Crippen LogP contribution is 1.77. The summed E-state index contributed by atoms with van der Waals surface area (Å²) in [6, 6.07) is 0. The minimum atomic E-state index is -0.943. The topological polar surface area (TPSA) is 50.1 Å². The molecule has 0 atom stereocenters. The van der Waals surface area contributed by atoms with Gasteiger partial charge < -0.3 is 4.74 Å². The van der Waals surface area contributed by atoms with Gasteiger partial charge >= 0.3 is 6.09 Å². The average molecular weight is 102 g/mol. The lowest BCUT2D eigenvalue weighted by Crippen LogP contribution is -2.01. The summed E-state index contributed by atoms with van der Waals surface area (Å²) >= 11 is 0. The third kappa shape index (κ3) is 5.27. The molecule has 0 saturated carbocycles. The molecular formula is C4H8NO2. The van der Waals surface area contributed by atoms with E-state index < -0.39 is 6.09 Å². The highest BCUT2D eigenvalue weighted by atomic mass is 16.5. The number of ether oxygens (including phenoxy) is 1. The lowest BCUT2D eigenvalue weighted by atomic mass is 10.5. The third-order valence-corrected chi connectivity index (χ3v) is 0.437. The second kappa shape index (κ2) is 3.46.